The van der Waals surface area contributed by atoms with Gasteiger partial charge < -0.3 is 5.73 Å². The zero-order valence-corrected chi connectivity index (χ0v) is 12.4. The topological polar surface area (TPSA) is 29.3 Å². The summed E-state index contributed by atoms with van der Waals surface area (Å²) in [6, 6.07) is 9.14. The van der Waals surface area contributed by atoms with E-state index in [0.717, 1.165) is 13.1 Å². The second-order valence-corrected chi connectivity index (χ2v) is 7.26. The van der Waals surface area contributed by atoms with Crippen LogP contribution >= 0.6 is 11.8 Å². The Kier molecular flexibility index (Phi) is 4.71. The average Bonchev–Trinajstić information content (AvgIpc) is 2.28. The number of nitrogens with zero attached hydrogens (tertiary/aromatic N) is 1. The molecule has 1 aliphatic rings. The standard InChI is InChI=1S/C15H24N2S/c1-11-5-4-6-14(7-11)15(8-16)17-9-12(2)18-13(3)10-17/h4-7,12-13,15H,8-10,16H2,1-3H3. The van der Waals surface area contributed by atoms with Crippen LogP contribution in [-0.2, 0) is 0 Å². The molecule has 18 heavy (non-hydrogen) atoms. The molecule has 2 nitrogen and oxygen atoms in total. The highest BCUT2D eigenvalue weighted by atomic mass is 32.2. The summed E-state index contributed by atoms with van der Waals surface area (Å²) in [5, 5.41) is 1.40. The molecular weight excluding hydrogens is 240 g/mol. The van der Waals surface area contributed by atoms with E-state index in [1.807, 2.05) is 0 Å². The number of hydrogen-bond donors (Lipinski definition) is 1. The maximum Gasteiger partial charge on any atom is 0.0471 e. The summed E-state index contributed by atoms with van der Waals surface area (Å²) in [5.41, 5.74) is 8.71. The van der Waals surface area contributed by atoms with Crippen molar-refractivity contribution in [1.29, 1.82) is 0 Å². The summed E-state index contributed by atoms with van der Waals surface area (Å²) in [7, 11) is 0. The van der Waals surface area contributed by atoms with Crippen molar-refractivity contribution in [2.75, 3.05) is 19.6 Å². The summed E-state index contributed by atoms with van der Waals surface area (Å²) in [6.45, 7) is 9.77. The molecule has 1 saturated heterocycles. The number of hydrogen-bond acceptors (Lipinski definition) is 3. The van der Waals surface area contributed by atoms with Gasteiger partial charge in [0, 0.05) is 36.2 Å². The van der Waals surface area contributed by atoms with Crippen molar-refractivity contribution in [2.45, 2.75) is 37.3 Å². The van der Waals surface area contributed by atoms with Gasteiger partial charge in [-0.15, -0.1) is 0 Å². The maximum atomic E-state index is 6.03. The number of nitrogens with two attached hydrogens (primary N) is 1. The van der Waals surface area contributed by atoms with Crippen molar-refractivity contribution >= 4 is 11.8 Å². The van der Waals surface area contributed by atoms with Crippen LogP contribution in [-0.4, -0.2) is 35.0 Å². The first-order valence-electron chi connectivity index (χ1n) is 6.76. The Bertz CT molecular complexity index is 384. The van der Waals surface area contributed by atoms with Gasteiger partial charge in [-0.2, -0.15) is 11.8 Å². The molecule has 0 aliphatic carbocycles. The van der Waals surface area contributed by atoms with Gasteiger partial charge in [0.15, 0.2) is 0 Å². The molecule has 0 amide bonds. The minimum Gasteiger partial charge on any atom is -0.329 e. The predicted octanol–water partition coefficient (Wildman–Crippen LogP) is 2.82. The molecule has 100 valence electrons. The third-order valence-corrected chi connectivity index (χ3v) is 4.77. The summed E-state index contributed by atoms with van der Waals surface area (Å²) < 4.78 is 0. The van der Waals surface area contributed by atoms with Crippen LogP contribution in [0.2, 0.25) is 0 Å². The van der Waals surface area contributed by atoms with Crippen molar-refractivity contribution in [3.8, 4) is 0 Å². The molecule has 1 aromatic carbocycles. The first-order valence-corrected chi connectivity index (χ1v) is 7.70. The minimum atomic E-state index is 0.371. The molecule has 1 heterocycles. The van der Waals surface area contributed by atoms with Crippen molar-refractivity contribution in [3.05, 3.63) is 35.4 Å². The highest BCUT2D eigenvalue weighted by Gasteiger charge is 2.27. The van der Waals surface area contributed by atoms with Crippen molar-refractivity contribution in [1.82, 2.24) is 4.90 Å². The van der Waals surface area contributed by atoms with Gasteiger partial charge >= 0.3 is 0 Å². The van der Waals surface area contributed by atoms with Crippen LogP contribution in [0, 0.1) is 6.92 Å². The zero-order chi connectivity index (χ0) is 13.1. The fraction of sp³-hybridized carbons (Fsp3) is 0.600. The van der Waals surface area contributed by atoms with Gasteiger partial charge in [0.25, 0.3) is 0 Å². The summed E-state index contributed by atoms with van der Waals surface area (Å²) in [4.78, 5) is 2.56. The quantitative estimate of drug-likeness (QED) is 0.910. The van der Waals surface area contributed by atoms with Gasteiger partial charge in [-0.3, -0.25) is 4.90 Å². The van der Waals surface area contributed by atoms with E-state index in [-0.39, 0.29) is 0 Å². The molecule has 3 atom stereocenters. The smallest absolute Gasteiger partial charge is 0.0471 e. The first-order chi connectivity index (χ1) is 8.60. The SMILES string of the molecule is Cc1cccc(C(CN)N2CC(C)SC(C)C2)c1. The summed E-state index contributed by atoms with van der Waals surface area (Å²) >= 11 is 2.09. The lowest BCUT2D eigenvalue weighted by atomic mass is 10.0. The highest BCUT2D eigenvalue weighted by Crippen LogP contribution is 2.30. The largest absolute Gasteiger partial charge is 0.329 e. The van der Waals surface area contributed by atoms with E-state index in [0.29, 0.717) is 23.1 Å². The molecule has 1 aromatic rings. The maximum absolute atomic E-state index is 6.03. The fourth-order valence-electron chi connectivity index (χ4n) is 2.85. The molecule has 2 rings (SSSR count). The van der Waals surface area contributed by atoms with Gasteiger partial charge in [-0.05, 0) is 12.5 Å². The van der Waals surface area contributed by atoms with Crippen molar-refractivity contribution in [2.24, 2.45) is 5.73 Å². The molecule has 3 unspecified atom stereocenters. The van der Waals surface area contributed by atoms with Gasteiger partial charge in [-0.25, -0.2) is 0 Å². The third kappa shape index (κ3) is 3.28. The Labute approximate surface area is 115 Å². The number of benzene rings is 1. The minimum absolute atomic E-state index is 0.371. The molecule has 0 bridgehead atoms. The van der Waals surface area contributed by atoms with Crippen molar-refractivity contribution < 1.29 is 0 Å². The lowest BCUT2D eigenvalue weighted by molar-refractivity contribution is 0.199. The Morgan fingerprint density at radius 1 is 1.33 bits per heavy atom. The molecule has 1 aliphatic heterocycles. The molecule has 0 radical (unpaired) electrons. The van der Waals surface area contributed by atoms with E-state index in [1.54, 1.807) is 0 Å². The summed E-state index contributed by atoms with van der Waals surface area (Å²) in [5.74, 6) is 0. The lowest BCUT2D eigenvalue weighted by Gasteiger charge is -2.39. The van der Waals surface area contributed by atoms with E-state index in [2.05, 4.69) is 61.7 Å². The molecule has 0 aromatic heterocycles. The van der Waals surface area contributed by atoms with Crippen LogP contribution in [0.5, 0.6) is 0 Å². The van der Waals surface area contributed by atoms with E-state index in [4.69, 9.17) is 5.73 Å². The number of rotatable bonds is 3. The van der Waals surface area contributed by atoms with Crippen LogP contribution < -0.4 is 5.73 Å². The molecule has 2 N–H and O–H groups in total. The lowest BCUT2D eigenvalue weighted by Crippen LogP contribution is -2.44. The molecular formula is C15H24N2S. The average molecular weight is 264 g/mol. The monoisotopic (exact) mass is 264 g/mol. The van der Waals surface area contributed by atoms with E-state index in [1.165, 1.54) is 11.1 Å². The van der Waals surface area contributed by atoms with E-state index < -0.39 is 0 Å². The van der Waals surface area contributed by atoms with Crippen LogP contribution in [0.25, 0.3) is 0 Å². The highest BCUT2D eigenvalue weighted by molar-refractivity contribution is 8.00. The van der Waals surface area contributed by atoms with E-state index in [9.17, 15) is 0 Å². The fourth-order valence-corrected chi connectivity index (χ4v) is 4.19. The molecule has 0 spiro atoms. The normalized spacial score (nSPS) is 27.1. The molecule has 1 fully saturated rings. The van der Waals surface area contributed by atoms with Gasteiger partial charge in [0.1, 0.15) is 0 Å². The van der Waals surface area contributed by atoms with Gasteiger partial charge in [0.05, 0.1) is 0 Å². The van der Waals surface area contributed by atoms with Crippen LogP contribution in [0.4, 0.5) is 0 Å². The number of thioether (sulfide) groups is 1. The van der Waals surface area contributed by atoms with Crippen molar-refractivity contribution in [3.63, 3.8) is 0 Å². The van der Waals surface area contributed by atoms with Crippen LogP contribution in [0.3, 0.4) is 0 Å². The zero-order valence-electron chi connectivity index (χ0n) is 11.6. The predicted molar refractivity (Wildman–Crippen MR) is 81.1 cm³/mol. The second kappa shape index (κ2) is 6.09. The van der Waals surface area contributed by atoms with Crippen LogP contribution in [0.1, 0.15) is 31.0 Å². The second-order valence-electron chi connectivity index (χ2n) is 5.38. The first kappa shape index (κ1) is 13.9. The van der Waals surface area contributed by atoms with E-state index >= 15 is 0 Å². The van der Waals surface area contributed by atoms with Gasteiger partial charge in [0.2, 0.25) is 0 Å². The number of aryl methyl sites for hydroxylation is 1. The van der Waals surface area contributed by atoms with Crippen LogP contribution in [0.15, 0.2) is 24.3 Å². The van der Waals surface area contributed by atoms with Gasteiger partial charge in [-0.1, -0.05) is 43.7 Å². The Morgan fingerprint density at radius 2 is 2.00 bits per heavy atom. The third-order valence-electron chi connectivity index (χ3n) is 3.54. The Hall–Kier alpha value is -0.510. The Balaban J connectivity index is 2.17. The molecule has 3 heteroatoms. The molecule has 0 saturated carbocycles. The Morgan fingerprint density at radius 3 is 2.56 bits per heavy atom. The summed E-state index contributed by atoms with van der Waals surface area (Å²) in [6.07, 6.45) is 0.